The lowest BCUT2D eigenvalue weighted by Crippen LogP contribution is -1.93. The molecule has 0 fully saturated rings. The molecule has 0 saturated carbocycles. The maximum atomic E-state index is 4.13. The van der Waals surface area contributed by atoms with Crippen molar-refractivity contribution in [2.45, 2.75) is 34.6 Å². The summed E-state index contributed by atoms with van der Waals surface area (Å²) in [5.74, 6) is 0. The Morgan fingerprint density at radius 3 is 2.32 bits per heavy atom. The second-order valence-electron chi connectivity index (χ2n) is 5.04. The van der Waals surface area contributed by atoms with Gasteiger partial charge in [-0.05, 0) is 56.9 Å². The van der Waals surface area contributed by atoms with E-state index in [-0.39, 0.29) is 0 Å². The van der Waals surface area contributed by atoms with Gasteiger partial charge >= 0.3 is 0 Å². The summed E-state index contributed by atoms with van der Waals surface area (Å²) >= 11 is 0. The molecule has 0 aliphatic heterocycles. The third kappa shape index (κ3) is 4.10. The fraction of sp³-hybridized carbons (Fsp3) is 0.263. The Labute approximate surface area is 117 Å². The van der Waals surface area contributed by atoms with Crippen LogP contribution >= 0.6 is 0 Å². The van der Waals surface area contributed by atoms with Crippen molar-refractivity contribution in [3.8, 4) is 0 Å². The smallest absolute Gasteiger partial charge is 0.0129 e. The summed E-state index contributed by atoms with van der Waals surface area (Å²) in [6.07, 6.45) is 8.29. The first-order valence-corrected chi connectivity index (χ1v) is 6.71. The van der Waals surface area contributed by atoms with Gasteiger partial charge in [-0.25, -0.2) is 0 Å². The molecule has 0 amide bonds. The Bertz CT molecular complexity index is 551. The molecular formula is C19H24. The van der Waals surface area contributed by atoms with Crippen LogP contribution in [0.5, 0.6) is 0 Å². The van der Waals surface area contributed by atoms with Gasteiger partial charge in [0.15, 0.2) is 0 Å². The molecular weight excluding hydrogens is 228 g/mol. The molecule has 0 radical (unpaired) electrons. The highest BCUT2D eigenvalue weighted by molar-refractivity contribution is 5.83. The molecule has 1 aromatic carbocycles. The van der Waals surface area contributed by atoms with Crippen LogP contribution in [-0.4, -0.2) is 0 Å². The average Bonchev–Trinajstić information content (AvgIpc) is 2.32. The van der Waals surface area contributed by atoms with Gasteiger partial charge in [-0.1, -0.05) is 60.2 Å². The minimum Gasteiger partial charge on any atom is -0.0955 e. The van der Waals surface area contributed by atoms with E-state index in [2.05, 4.69) is 64.6 Å². The Kier molecular flexibility index (Phi) is 5.57. The van der Waals surface area contributed by atoms with Crippen LogP contribution < -0.4 is 0 Å². The fourth-order valence-electron chi connectivity index (χ4n) is 2.27. The molecule has 0 heterocycles. The van der Waals surface area contributed by atoms with E-state index in [1.807, 2.05) is 19.1 Å². The zero-order valence-corrected chi connectivity index (χ0v) is 12.7. The second kappa shape index (κ2) is 6.94. The van der Waals surface area contributed by atoms with Crippen molar-refractivity contribution < 1.29 is 0 Å². The Morgan fingerprint density at radius 2 is 1.79 bits per heavy atom. The Morgan fingerprint density at radius 1 is 1.11 bits per heavy atom. The summed E-state index contributed by atoms with van der Waals surface area (Å²) in [4.78, 5) is 0. The van der Waals surface area contributed by atoms with Gasteiger partial charge in [0.2, 0.25) is 0 Å². The molecule has 100 valence electrons. The molecule has 0 unspecified atom stereocenters. The van der Waals surface area contributed by atoms with Gasteiger partial charge in [-0.15, -0.1) is 0 Å². The maximum Gasteiger partial charge on any atom is -0.0129 e. The molecule has 0 spiro atoms. The van der Waals surface area contributed by atoms with E-state index >= 15 is 0 Å². The lowest BCUT2D eigenvalue weighted by atomic mass is 9.91. The van der Waals surface area contributed by atoms with Crippen molar-refractivity contribution in [3.05, 3.63) is 76.9 Å². The molecule has 0 aromatic heterocycles. The molecule has 0 atom stereocenters. The Hall–Kier alpha value is -1.82. The zero-order chi connectivity index (χ0) is 14.4. The summed E-state index contributed by atoms with van der Waals surface area (Å²) in [6.45, 7) is 14.7. The van der Waals surface area contributed by atoms with Crippen molar-refractivity contribution in [2.24, 2.45) is 0 Å². The number of allylic oxidation sites excluding steroid dienone is 7. The minimum atomic E-state index is 1.11. The average molecular weight is 252 g/mol. The van der Waals surface area contributed by atoms with Crippen molar-refractivity contribution in [1.82, 2.24) is 0 Å². The van der Waals surface area contributed by atoms with Crippen molar-refractivity contribution in [3.63, 3.8) is 0 Å². The molecule has 19 heavy (non-hydrogen) atoms. The highest BCUT2D eigenvalue weighted by Gasteiger charge is 2.08. The van der Waals surface area contributed by atoms with Gasteiger partial charge in [0.05, 0.1) is 0 Å². The van der Waals surface area contributed by atoms with Crippen LogP contribution in [0.3, 0.4) is 0 Å². The summed E-state index contributed by atoms with van der Waals surface area (Å²) in [5, 5.41) is 0. The predicted octanol–water partition coefficient (Wildman–Crippen LogP) is 5.79. The van der Waals surface area contributed by atoms with Crippen LogP contribution in [0.25, 0.3) is 5.57 Å². The number of hydrogen-bond acceptors (Lipinski definition) is 0. The summed E-state index contributed by atoms with van der Waals surface area (Å²) < 4.78 is 0. The first-order chi connectivity index (χ1) is 8.97. The molecule has 0 aliphatic carbocycles. The van der Waals surface area contributed by atoms with Crippen molar-refractivity contribution >= 4 is 5.57 Å². The summed E-state index contributed by atoms with van der Waals surface area (Å²) in [7, 11) is 0. The standard InChI is InChI=1S/C19H24/c1-7-8-9-10-16(5)19(14(2)3)18-12-11-15(4)13-17(18)6/h7-13H,2H2,1,3-6H3/b8-7-,10-9-,19-16+. The van der Waals surface area contributed by atoms with E-state index in [1.165, 1.54) is 27.8 Å². The molecule has 1 rings (SSSR count). The zero-order valence-electron chi connectivity index (χ0n) is 12.7. The van der Waals surface area contributed by atoms with Gasteiger partial charge in [0, 0.05) is 0 Å². The molecule has 0 saturated heterocycles. The number of aryl methyl sites for hydroxylation is 2. The molecule has 1 aromatic rings. The molecule has 0 aliphatic rings. The van der Waals surface area contributed by atoms with E-state index in [9.17, 15) is 0 Å². The van der Waals surface area contributed by atoms with Gasteiger partial charge < -0.3 is 0 Å². The van der Waals surface area contributed by atoms with Crippen molar-refractivity contribution in [1.29, 1.82) is 0 Å². The number of rotatable bonds is 4. The highest BCUT2D eigenvalue weighted by atomic mass is 14.1. The van der Waals surface area contributed by atoms with Crippen LogP contribution in [0.1, 0.15) is 37.5 Å². The van der Waals surface area contributed by atoms with Crippen LogP contribution in [0.2, 0.25) is 0 Å². The van der Waals surface area contributed by atoms with Crippen LogP contribution in [0.4, 0.5) is 0 Å². The normalized spacial score (nSPS) is 13.1. The SMILES string of the molecule is C=C(C)\C(=C(C)/C=C\C=C/C)c1ccc(C)cc1C. The van der Waals surface area contributed by atoms with E-state index in [0.717, 1.165) is 5.57 Å². The quantitative estimate of drug-likeness (QED) is 0.595. The van der Waals surface area contributed by atoms with Gasteiger partial charge in [-0.2, -0.15) is 0 Å². The third-order valence-electron chi connectivity index (χ3n) is 3.12. The predicted molar refractivity (Wildman–Crippen MR) is 87.3 cm³/mol. The Balaban J connectivity index is 3.35. The minimum absolute atomic E-state index is 1.11. The van der Waals surface area contributed by atoms with E-state index < -0.39 is 0 Å². The van der Waals surface area contributed by atoms with E-state index in [0.29, 0.717) is 0 Å². The maximum absolute atomic E-state index is 4.13. The molecule has 0 N–H and O–H groups in total. The molecule has 0 nitrogen and oxygen atoms in total. The number of benzene rings is 1. The fourth-order valence-corrected chi connectivity index (χ4v) is 2.27. The lowest BCUT2D eigenvalue weighted by molar-refractivity contribution is 1.33. The van der Waals surface area contributed by atoms with Gasteiger partial charge in [0.1, 0.15) is 0 Å². The van der Waals surface area contributed by atoms with E-state index in [4.69, 9.17) is 0 Å². The van der Waals surface area contributed by atoms with Crippen LogP contribution in [0, 0.1) is 13.8 Å². The van der Waals surface area contributed by atoms with Gasteiger partial charge in [-0.3, -0.25) is 0 Å². The van der Waals surface area contributed by atoms with E-state index in [1.54, 1.807) is 0 Å². The largest absolute Gasteiger partial charge is 0.0955 e. The monoisotopic (exact) mass is 252 g/mol. The van der Waals surface area contributed by atoms with Crippen LogP contribution in [0.15, 0.2) is 60.2 Å². The highest BCUT2D eigenvalue weighted by Crippen LogP contribution is 2.29. The topological polar surface area (TPSA) is 0 Å². The van der Waals surface area contributed by atoms with Gasteiger partial charge in [0.25, 0.3) is 0 Å². The second-order valence-corrected chi connectivity index (χ2v) is 5.04. The third-order valence-corrected chi connectivity index (χ3v) is 3.12. The molecule has 0 bridgehead atoms. The number of hydrogen-bond donors (Lipinski definition) is 0. The summed E-state index contributed by atoms with van der Waals surface area (Å²) in [5.41, 5.74) is 7.48. The summed E-state index contributed by atoms with van der Waals surface area (Å²) in [6, 6.07) is 6.58. The van der Waals surface area contributed by atoms with Crippen molar-refractivity contribution in [2.75, 3.05) is 0 Å². The first-order valence-electron chi connectivity index (χ1n) is 6.71. The lowest BCUT2D eigenvalue weighted by Gasteiger charge is -2.14. The molecule has 0 heteroatoms. The van der Waals surface area contributed by atoms with Crippen LogP contribution in [-0.2, 0) is 0 Å². The first kappa shape index (κ1) is 15.2.